The zero-order valence-corrected chi connectivity index (χ0v) is 19.1. The van der Waals surface area contributed by atoms with E-state index in [1.807, 2.05) is 37.0 Å². The van der Waals surface area contributed by atoms with Crippen molar-refractivity contribution in [3.8, 4) is 5.75 Å². The van der Waals surface area contributed by atoms with E-state index in [2.05, 4.69) is 47.6 Å². The van der Waals surface area contributed by atoms with Crippen molar-refractivity contribution in [1.29, 1.82) is 0 Å². The monoisotopic (exact) mass is 485 g/mol. The number of halogens is 1. The van der Waals surface area contributed by atoms with E-state index in [9.17, 15) is 0 Å². The number of benzene rings is 1. The van der Waals surface area contributed by atoms with Crippen molar-refractivity contribution in [2.75, 3.05) is 26.7 Å². The van der Waals surface area contributed by atoms with Crippen LogP contribution in [-0.4, -0.2) is 47.4 Å². The fourth-order valence-electron chi connectivity index (χ4n) is 2.75. The maximum absolute atomic E-state index is 5.50. The first-order valence-corrected chi connectivity index (χ1v) is 9.31. The number of hydrogen-bond donors (Lipinski definition) is 1. The highest BCUT2D eigenvalue weighted by atomic mass is 127. The summed E-state index contributed by atoms with van der Waals surface area (Å²) in [6.07, 6.45) is 6.00. The van der Waals surface area contributed by atoms with Gasteiger partial charge in [-0.15, -0.1) is 24.0 Å². The van der Waals surface area contributed by atoms with Gasteiger partial charge in [-0.1, -0.05) is 12.1 Å². The molecule has 0 aliphatic carbocycles. The highest BCUT2D eigenvalue weighted by Crippen LogP contribution is 2.13. The second kappa shape index (κ2) is 12.6. The molecule has 0 bridgehead atoms. The molecule has 0 aliphatic heterocycles. The molecule has 0 unspecified atom stereocenters. The lowest BCUT2D eigenvalue weighted by atomic mass is 10.2. The maximum Gasteiger partial charge on any atom is 0.193 e. The van der Waals surface area contributed by atoms with Crippen molar-refractivity contribution < 1.29 is 4.74 Å². The van der Waals surface area contributed by atoms with Gasteiger partial charge in [0.15, 0.2) is 5.96 Å². The van der Waals surface area contributed by atoms with Crippen LogP contribution in [0.3, 0.4) is 0 Å². The van der Waals surface area contributed by atoms with E-state index in [4.69, 9.17) is 9.73 Å². The van der Waals surface area contributed by atoms with E-state index < -0.39 is 0 Å². The number of guanidine groups is 1. The van der Waals surface area contributed by atoms with Crippen molar-refractivity contribution in [3.63, 3.8) is 0 Å². The summed E-state index contributed by atoms with van der Waals surface area (Å²) >= 11 is 0. The first-order chi connectivity index (χ1) is 12.6. The first kappa shape index (κ1) is 23.3. The van der Waals surface area contributed by atoms with E-state index in [0.717, 1.165) is 44.2 Å². The van der Waals surface area contributed by atoms with Gasteiger partial charge in [-0.3, -0.25) is 9.67 Å². The highest BCUT2D eigenvalue weighted by Gasteiger charge is 2.07. The third kappa shape index (κ3) is 8.19. The van der Waals surface area contributed by atoms with Gasteiger partial charge in [-0.2, -0.15) is 5.10 Å². The Morgan fingerprint density at radius 3 is 2.56 bits per heavy atom. The SMILES string of the molecule is CCNC(=NCCCc1cnn(C)c1)N(C)Cc1ccc(OCC)cc1.I. The third-order valence-corrected chi connectivity index (χ3v) is 3.99. The van der Waals surface area contributed by atoms with E-state index in [0.29, 0.717) is 6.61 Å². The van der Waals surface area contributed by atoms with Crippen LogP contribution >= 0.6 is 24.0 Å². The fraction of sp³-hybridized carbons (Fsp3) is 0.500. The van der Waals surface area contributed by atoms with Crippen molar-refractivity contribution >= 4 is 29.9 Å². The fourth-order valence-corrected chi connectivity index (χ4v) is 2.75. The lowest BCUT2D eigenvalue weighted by molar-refractivity contribution is 0.340. The quantitative estimate of drug-likeness (QED) is 0.256. The lowest BCUT2D eigenvalue weighted by Crippen LogP contribution is -2.38. The van der Waals surface area contributed by atoms with Crippen molar-refractivity contribution in [1.82, 2.24) is 20.0 Å². The molecule has 6 nitrogen and oxygen atoms in total. The summed E-state index contributed by atoms with van der Waals surface area (Å²) in [5.41, 5.74) is 2.49. The number of aliphatic imine (C=N–C) groups is 1. The van der Waals surface area contributed by atoms with Gasteiger partial charge >= 0.3 is 0 Å². The predicted octanol–water partition coefficient (Wildman–Crippen LogP) is 3.47. The van der Waals surface area contributed by atoms with Crippen molar-refractivity contribution in [3.05, 3.63) is 47.8 Å². The molecule has 2 rings (SSSR count). The Kier molecular flexibility index (Phi) is 10.8. The molecule has 0 aliphatic rings. The average molecular weight is 485 g/mol. The number of rotatable bonds is 9. The number of aromatic nitrogens is 2. The van der Waals surface area contributed by atoms with Gasteiger partial charge in [0.1, 0.15) is 5.75 Å². The number of ether oxygens (including phenoxy) is 1. The third-order valence-electron chi connectivity index (χ3n) is 3.99. The van der Waals surface area contributed by atoms with Crippen LogP contribution in [-0.2, 0) is 20.0 Å². The van der Waals surface area contributed by atoms with Gasteiger partial charge in [-0.25, -0.2) is 0 Å². The van der Waals surface area contributed by atoms with E-state index in [1.165, 1.54) is 11.1 Å². The van der Waals surface area contributed by atoms with Crippen molar-refractivity contribution in [2.24, 2.45) is 12.0 Å². The molecule has 1 N–H and O–H groups in total. The molecule has 0 saturated carbocycles. The van der Waals surface area contributed by atoms with E-state index >= 15 is 0 Å². The minimum absolute atomic E-state index is 0. The Labute approximate surface area is 180 Å². The summed E-state index contributed by atoms with van der Waals surface area (Å²) in [5, 5.41) is 7.58. The van der Waals surface area contributed by atoms with Crippen LogP contribution in [0, 0.1) is 0 Å². The highest BCUT2D eigenvalue weighted by molar-refractivity contribution is 14.0. The number of hydrogen-bond acceptors (Lipinski definition) is 3. The molecule has 2 aromatic rings. The minimum atomic E-state index is 0. The summed E-state index contributed by atoms with van der Waals surface area (Å²) in [7, 11) is 4.01. The molecular weight excluding hydrogens is 453 g/mol. The zero-order chi connectivity index (χ0) is 18.8. The zero-order valence-electron chi connectivity index (χ0n) is 16.8. The predicted molar refractivity (Wildman–Crippen MR) is 122 cm³/mol. The number of nitrogens with one attached hydrogen (secondary N) is 1. The Bertz CT molecular complexity index is 684. The smallest absolute Gasteiger partial charge is 0.193 e. The van der Waals surface area contributed by atoms with Gasteiger partial charge in [0.05, 0.1) is 12.8 Å². The van der Waals surface area contributed by atoms with Crippen LogP contribution in [0.1, 0.15) is 31.4 Å². The molecule has 150 valence electrons. The van der Waals surface area contributed by atoms with Gasteiger partial charge in [0.2, 0.25) is 0 Å². The van der Waals surface area contributed by atoms with Crippen LogP contribution in [0.15, 0.2) is 41.7 Å². The van der Waals surface area contributed by atoms with Crippen LogP contribution in [0.4, 0.5) is 0 Å². The Morgan fingerprint density at radius 2 is 1.96 bits per heavy atom. The normalized spacial score (nSPS) is 11.0. The number of aryl methyl sites for hydroxylation is 2. The molecule has 1 aromatic carbocycles. The maximum atomic E-state index is 5.50. The Hall–Kier alpha value is -1.77. The van der Waals surface area contributed by atoms with Gasteiger partial charge in [0, 0.05) is 39.9 Å². The molecule has 0 radical (unpaired) electrons. The van der Waals surface area contributed by atoms with Crippen molar-refractivity contribution in [2.45, 2.75) is 33.2 Å². The Morgan fingerprint density at radius 1 is 1.22 bits per heavy atom. The molecule has 0 saturated heterocycles. The molecule has 0 spiro atoms. The second-order valence-corrected chi connectivity index (χ2v) is 6.29. The molecule has 27 heavy (non-hydrogen) atoms. The van der Waals surface area contributed by atoms with Crippen LogP contribution < -0.4 is 10.1 Å². The first-order valence-electron chi connectivity index (χ1n) is 9.31. The van der Waals surface area contributed by atoms with Gasteiger partial charge < -0.3 is 15.0 Å². The molecular formula is C20H32IN5O. The van der Waals surface area contributed by atoms with Crippen LogP contribution in [0.2, 0.25) is 0 Å². The molecule has 0 fully saturated rings. The van der Waals surface area contributed by atoms with Gasteiger partial charge in [0.25, 0.3) is 0 Å². The second-order valence-electron chi connectivity index (χ2n) is 6.29. The largest absolute Gasteiger partial charge is 0.494 e. The lowest BCUT2D eigenvalue weighted by Gasteiger charge is -2.22. The molecule has 0 atom stereocenters. The summed E-state index contributed by atoms with van der Waals surface area (Å²) < 4.78 is 7.34. The molecule has 0 amide bonds. The summed E-state index contributed by atoms with van der Waals surface area (Å²) in [6.45, 7) is 7.24. The summed E-state index contributed by atoms with van der Waals surface area (Å²) in [4.78, 5) is 6.91. The molecule has 7 heteroatoms. The number of nitrogens with zero attached hydrogens (tertiary/aromatic N) is 4. The topological polar surface area (TPSA) is 54.7 Å². The van der Waals surface area contributed by atoms with E-state index in [-0.39, 0.29) is 24.0 Å². The average Bonchev–Trinajstić information content (AvgIpc) is 3.05. The van der Waals surface area contributed by atoms with E-state index in [1.54, 1.807) is 0 Å². The summed E-state index contributed by atoms with van der Waals surface area (Å²) in [5.74, 6) is 1.85. The Balaban J connectivity index is 0.00000364. The molecule has 1 aromatic heterocycles. The van der Waals surface area contributed by atoms with Crippen LogP contribution in [0.5, 0.6) is 5.75 Å². The standard InChI is InChI=1S/C20H31N5O.HI/c1-5-21-20(22-13-7-8-18-14-23-25(4)16-18)24(3)15-17-9-11-19(12-10-17)26-6-2;/h9-12,14,16H,5-8,13,15H2,1-4H3,(H,21,22);1H. The van der Waals surface area contributed by atoms with Gasteiger partial charge in [-0.05, 0) is 49.9 Å². The summed E-state index contributed by atoms with van der Waals surface area (Å²) in [6, 6.07) is 8.25. The minimum Gasteiger partial charge on any atom is -0.494 e. The molecule has 1 heterocycles. The van der Waals surface area contributed by atoms with Crippen LogP contribution in [0.25, 0.3) is 0 Å².